The number of carboxylic acid groups (broad SMARTS) is 6. The van der Waals surface area contributed by atoms with Gasteiger partial charge >= 0.3 is 16.8 Å². The van der Waals surface area contributed by atoms with E-state index in [-0.39, 0.29) is 16.8 Å². The molecule has 0 aromatic rings. The van der Waals surface area contributed by atoms with Crippen LogP contribution in [0.1, 0.15) is 38.5 Å². The normalized spacial score (nSPS) is 8.25. The minimum Gasteiger partial charge on any atom is -0.550 e. The van der Waals surface area contributed by atoms with Crippen LogP contribution in [0.5, 0.6) is 0 Å². The van der Waals surface area contributed by atoms with Gasteiger partial charge in [0.25, 0.3) is 0 Å². The molecule has 0 spiro atoms. The largest absolute Gasteiger partial charge is 3.00 e. The van der Waals surface area contributed by atoms with Gasteiger partial charge in [-0.1, -0.05) is 0 Å². The van der Waals surface area contributed by atoms with Gasteiger partial charge in [-0.2, -0.15) is 0 Å². The van der Waals surface area contributed by atoms with Crippen molar-refractivity contribution in [3.8, 4) is 0 Å². The monoisotopic (exact) mass is 454 g/mol. The third-order valence-electron chi connectivity index (χ3n) is 2.35. The molecule has 0 aliphatic rings. The molecular formula is C15H12B2O15. The number of Topliss-reactive ketones (excluding diaryl/α,β-unsaturated/α-hetero) is 3. The van der Waals surface area contributed by atoms with E-state index in [1.165, 1.54) is 0 Å². The molecule has 0 amide bonds. The Balaban J connectivity index is -0.000000110. The maximum Gasteiger partial charge on any atom is 3.00 e. The molecule has 32 heavy (non-hydrogen) atoms. The molecule has 0 N–H and O–H groups in total. The van der Waals surface area contributed by atoms with Gasteiger partial charge in [-0.3, -0.25) is 14.4 Å². The Labute approximate surface area is 183 Å². The Hall–Kier alpha value is -4.04. The Morgan fingerprint density at radius 3 is 0.594 bits per heavy atom. The molecular weight excluding hydrogens is 442 g/mol. The van der Waals surface area contributed by atoms with Crippen LogP contribution < -0.4 is 30.6 Å². The minimum absolute atomic E-state index is 0. The van der Waals surface area contributed by atoms with Gasteiger partial charge in [0, 0.05) is 37.2 Å². The molecule has 0 unspecified atom stereocenters. The summed E-state index contributed by atoms with van der Waals surface area (Å²) < 4.78 is 0. The number of rotatable bonds is 12. The van der Waals surface area contributed by atoms with Crippen molar-refractivity contribution in [3.63, 3.8) is 0 Å². The predicted octanol–water partition coefficient (Wildman–Crippen LogP) is -10.3. The molecule has 168 valence electrons. The minimum atomic E-state index is -1.86. The quantitative estimate of drug-likeness (QED) is 0.195. The molecule has 17 heteroatoms. The van der Waals surface area contributed by atoms with Gasteiger partial charge in [0.15, 0.2) is 17.3 Å². The average Bonchev–Trinajstić information content (AvgIpc) is 2.62. The van der Waals surface area contributed by atoms with Gasteiger partial charge in [0.2, 0.25) is 0 Å². The fourth-order valence-corrected chi connectivity index (χ4v) is 0.953. The summed E-state index contributed by atoms with van der Waals surface area (Å²) in [7, 11) is 0. The zero-order chi connectivity index (χ0) is 24.4. The average molecular weight is 454 g/mol. The Kier molecular flexibility index (Phi) is 26.1. The van der Waals surface area contributed by atoms with Crippen molar-refractivity contribution in [1.29, 1.82) is 0 Å². The van der Waals surface area contributed by atoms with Crippen LogP contribution in [0.25, 0.3) is 0 Å². The van der Waals surface area contributed by atoms with Crippen molar-refractivity contribution < 1.29 is 73.8 Å². The Morgan fingerprint density at radius 1 is 0.344 bits per heavy atom. The molecule has 15 nitrogen and oxygen atoms in total. The van der Waals surface area contributed by atoms with E-state index in [1.54, 1.807) is 0 Å². The predicted molar refractivity (Wildman–Crippen MR) is 84.3 cm³/mol. The van der Waals surface area contributed by atoms with Gasteiger partial charge in [-0.05, 0) is 19.3 Å². The van der Waals surface area contributed by atoms with E-state index >= 15 is 0 Å². The number of hydrogen-bond donors (Lipinski definition) is 0. The van der Waals surface area contributed by atoms with E-state index in [1.807, 2.05) is 0 Å². The van der Waals surface area contributed by atoms with E-state index < -0.39 is 91.7 Å². The van der Waals surface area contributed by atoms with Crippen LogP contribution in [0.3, 0.4) is 0 Å². The van der Waals surface area contributed by atoms with Gasteiger partial charge in [0.1, 0.15) is 17.9 Å². The Bertz CT molecular complexity index is 619. The second-order valence-electron chi connectivity index (χ2n) is 4.75. The number of carbonyl (C=O) groups excluding carboxylic acids is 9. The summed E-state index contributed by atoms with van der Waals surface area (Å²) in [4.78, 5) is 88.1. The first-order valence-electron chi connectivity index (χ1n) is 7.43. The zero-order valence-electron chi connectivity index (χ0n) is 16.0. The third-order valence-corrected chi connectivity index (χ3v) is 2.35. The van der Waals surface area contributed by atoms with Crippen molar-refractivity contribution in [1.82, 2.24) is 0 Å². The van der Waals surface area contributed by atoms with Crippen molar-refractivity contribution in [2.45, 2.75) is 38.5 Å². The number of carboxylic acids is 6. The van der Waals surface area contributed by atoms with Crippen molar-refractivity contribution in [2.24, 2.45) is 0 Å². The van der Waals surface area contributed by atoms with Crippen molar-refractivity contribution >= 4 is 70.0 Å². The summed E-state index contributed by atoms with van der Waals surface area (Å²) >= 11 is 0. The maximum atomic E-state index is 10.1. The molecule has 0 aromatic heterocycles. The standard InChI is InChI=1S/3C5H6O5.2B/c3*6-3(5(9)10)1-2-4(7)8;;/h3*1-2H2,(H,7,8)(H,9,10);;/q;;;2*+3/p-6. The number of carbonyl (C=O) groups is 9. The molecule has 0 heterocycles. The molecule has 0 aromatic carbocycles. The molecule has 0 aliphatic carbocycles. The smallest absolute Gasteiger partial charge is 0.550 e. The SMILES string of the molecule is O=C([O-])CCC(=O)C(=O)[O-].O=C([O-])CCC(=O)C(=O)[O-].O=C([O-])CCC(=O)C(=O)[O-].[B+3].[B+3]. The molecule has 0 saturated heterocycles. The van der Waals surface area contributed by atoms with E-state index in [0.29, 0.717) is 0 Å². The molecule has 0 rings (SSSR count). The van der Waals surface area contributed by atoms with Crippen LogP contribution >= 0.6 is 0 Å². The van der Waals surface area contributed by atoms with Gasteiger partial charge < -0.3 is 59.4 Å². The van der Waals surface area contributed by atoms with Gasteiger partial charge in [-0.25, -0.2) is 0 Å². The number of hydrogen-bond acceptors (Lipinski definition) is 15. The van der Waals surface area contributed by atoms with E-state index in [0.717, 1.165) is 0 Å². The van der Waals surface area contributed by atoms with Crippen LogP contribution in [0.2, 0.25) is 0 Å². The second-order valence-corrected chi connectivity index (χ2v) is 4.75. The van der Waals surface area contributed by atoms with Crippen LogP contribution in [0.15, 0.2) is 0 Å². The van der Waals surface area contributed by atoms with E-state index in [9.17, 15) is 73.8 Å². The fraction of sp³-hybridized carbons (Fsp3) is 0.400. The molecule has 0 bridgehead atoms. The van der Waals surface area contributed by atoms with Gasteiger partial charge in [-0.15, -0.1) is 0 Å². The topological polar surface area (TPSA) is 292 Å². The summed E-state index contributed by atoms with van der Waals surface area (Å²) in [5.74, 6) is -13.6. The van der Waals surface area contributed by atoms with Gasteiger partial charge in [0.05, 0.1) is 0 Å². The molecule has 0 radical (unpaired) electrons. The first-order valence-corrected chi connectivity index (χ1v) is 7.43. The van der Waals surface area contributed by atoms with E-state index in [4.69, 9.17) is 0 Å². The second kappa shape index (κ2) is 21.7. The molecule has 0 aliphatic heterocycles. The molecule has 0 fully saturated rings. The van der Waals surface area contributed by atoms with Crippen LogP contribution in [0, 0.1) is 0 Å². The van der Waals surface area contributed by atoms with Crippen LogP contribution in [0.4, 0.5) is 0 Å². The molecule has 0 atom stereocenters. The summed E-state index contributed by atoms with van der Waals surface area (Å²) in [5, 5.41) is 57.9. The summed E-state index contributed by atoms with van der Waals surface area (Å²) in [5.41, 5.74) is 0. The van der Waals surface area contributed by atoms with E-state index in [2.05, 4.69) is 0 Å². The zero-order valence-corrected chi connectivity index (χ0v) is 16.0. The number of ketones is 3. The van der Waals surface area contributed by atoms with Crippen molar-refractivity contribution in [3.05, 3.63) is 0 Å². The summed E-state index contributed by atoms with van der Waals surface area (Å²) in [6.45, 7) is 0. The Morgan fingerprint density at radius 2 is 0.500 bits per heavy atom. The van der Waals surface area contributed by atoms with Crippen LogP contribution in [-0.4, -0.2) is 70.0 Å². The summed E-state index contributed by atoms with van der Waals surface area (Å²) in [6.07, 6.45) is -3.42. The van der Waals surface area contributed by atoms with Crippen LogP contribution in [-0.2, 0) is 43.2 Å². The number of aliphatic carboxylic acids is 6. The third kappa shape index (κ3) is 30.7. The first-order chi connectivity index (χ1) is 13.6. The first kappa shape index (κ1) is 38.6. The maximum absolute atomic E-state index is 10.1. The molecule has 0 saturated carbocycles. The fourth-order valence-electron chi connectivity index (χ4n) is 0.953. The summed E-state index contributed by atoms with van der Waals surface area (Å²) in [6, 6.07) is 0. The van der Waals surface area contributed by atoms with Crippen molar-refractivity contribution in [2.75, 3.05) is 0 Å².